The maximum absolute atomic E-state index is 11.3. The fourth-order valence-electron chi connectivity index (χ4n) is 2.11. The number of carbonyl (C=O) groups is 1. The van der Waals surface area contributed by atoms with Gasteiger partial charge in [-0.25, -0.2) is 9.97 Å². The first-order valence-corrected chi connectivity index (χ1v) is 7.11. The summed E-state index contributed by atoms with van der Waals surface area (Å²) < 4.78 is 15.8. The van der Waals surface area contributed by atoms with Crippen LogP contribution in [0.15, 0.2) is 12.4 Å². The highest BCUT2D eigenvalue weighted by Crippen LogP contribution is 2.19. The van der Waals surface area contributed by atoms with Crippen molar-refractivity contribution in [1.29, 1.82) is 0 Å². The molecule has 1 fully saturated rings. The molecule has 0 N–H and O–H groups in total. The molecule has 1 aliphatic rings. The fraction of sp³-hybridized carbons (Fsp3) is 0.643. The van der Waals surface area contributed by atoms with Gasteiger partial charge in [-0.1, -0.05) is 6.92 Å². The number of aromatic nitrogens is 2. The Morgan fingerprint density at radius 3 is 3.14 bits per heavy atom. The lowest BCUT2D eigenvalue weighted by molar-refractivity contribution is -0.144. The molecule has 2 rings (SSSR count). The molecular weight excluding hydrogens is 274 g/mol. The topological polar surface area (TPSA) is 73.8 Å². The highest BCUT2D eigenvalue weighted by Gasteiger charge is 2.24. The molecule has 1 saturated heterocycles. The zero-order chi connectivity index (χ0) is 15.1. The lowest BCUT2D eigenvalue weighted by Gasteiger charge is -2.33. The van der Waals surface area contributed by atoms with Gasteiger partial charge in [0.05, 0.1) is 32.8 Å². The smallest absolute Gasteiger partial charge is 0.308 e. The van der Waals surface area contributed by atoms with E-state index in [1.165, 1.54) is 13.4 Å². The van der Waals surface area contributed by atoms with Gasteiger partial charge in [0.25, 0.3) is 0 Å². The standard InChI is InChI=1S/C14H21N3O4/c1-3-5-21-13-8-12(15-10-16-13)17-4-6-20-11(9-17)7-14(18)19-2/h8,10-11H,3-7,9H2,1-2H3. The molecule has 1 aliphatic heterocycles. The van der Waals surface area contributed by atoms with Crippen LogP contribution in [-0.2, 0) is 14.3 Å². The number of morpholine rings is 1. The number of ether oxygens (including phenoxy) is 3. The quantitative estimate of drug-likeness (QED) is 0.726. The molecule has 7 nitrogen and oxygen atoms in total. The van der Waals surface area contributed by atoms with Gasteiger partial charge in [-0.15, -0.1) is 0 Å². The van der Waals surface area contributed by atoms with E-state index in [-0.39, 0.29) is 18.5 Å². The van der Waals surface area contributed by atoms with Crippen LogP contribution < -0.4 is 9.64 Å². The van der Waals surface area contributed by atoms with Gasteiger partial charge in [0.1, 0.15) is 12.1 Å². The molecular formula is C14H21N3O4. The molecule has 21 heavy (non-hydrogen) atoms. The van der Waals surface area contributed by atoms with Crippen LogP contribution in [0.25, 0.3) is 0 Å². The first kappa shape index (κ1) is 15.5. The summed E-state index contributed by atoms with van der Waals surface area (Å²) in [6.07, 6.45) is 2.49. The van der Waals surface area contributed by atoms with Gasteiger partial charge in [0, 0.05) is 19.2 Å². The molecule has 2 heterocycles. The van der Waals surface area contributed by atoms with E-state index in [1.54, 1.807) is 0 Å². The minimum Gasteiger partial charge on any atom is -0.478 e. The maximum Gasteiger partial charge on any atom is 0.308 e. The van der Waals surface area contributed by atoms with E-state index in [0.29, 0.717) is 25.6 Å². The second kappa shape index (κ2) is 7.78. The van der Waals surface area contributed by atoms with Crippen molar-refractivity contribution in [3.63, 3.8) is 0 Å². The van der Waals surface area contributed by atoms with Gasteiger partial charge in [0.2, 0.25) is 5.88 Å². The van der Waals surface area contributed by atoms with Gasteiger partial charge >= 0.3 is 5.97 Å². The van der Waals surface area contributed by atoms with Gasteiger partial charge in [-0.05, 0) is 6.42 Å². The minimum atomic E-state index is -0.267. The van der Waals surface area contributed by atoms with E-state index < -0.39 is 0 Å². The monoisotopic (exact) mass is 295 g/mol. The van der Waals surface area contributed by atoms with Crippen molar-refractivity contribution < 1.29 is 19.0 Å². The first-order valence-electron chi connectivity index (χ1n) is 7.11. The molecule has 0 radical (unpaired) electrons. The molecule has 1 unspecified atom stereocenters. The zero-order valence-electron chi connectivity index (χ0n) is 12.4. The molecule has 7 heteroatoms. The summed E-state index contributed by atoms with van der Waals surface area (Å²) in [5.41, 5.74) is 0. The van der Waals surface area contributed by atoms with Crippen LogP contribution in [0.4, 0.5) is 5.82 Å². The van der Waals surface area contributed by atoms with Gasteiger partial charge in [-0.3, -0.25) is 4.79 Å². The third-order valence-corrected chi connectivity index (χ3v) is 3.17. The van der Waals surface area contributed by atoms with Gasteiger partial charge in [0.15, 0.2) is 0 Å². The second-order valence-electron chi connectivity index (χ2n) is 4.78. The van der Waals surface area contributed by atoms with Crippen molar-refractivity contribution >= 4 is 11.8 Å². The van der Waals surface area contributed by atoms with Crippen LogP contribution in [0, 0.1) is 0 Å². The van der Waals surface area contributed by atoms with Crippen molar-refractivity contribution in [2.75, 3.05) is 38.3 Å². The summed E-state index contributed by atoms with van der Waals surface area (Å²) in [5.74, 6) is 1.09. The van der Waals surface area contributed by atoms with Gasteiger partial charge in [-0.2, -0.15) is 0 Å². The number of anilines is 1. The van der Waals surface area contributed by atoms with Crippen molar-refractivity contribution in [3.8, 4) is 5.88 Å². The number of esters is 1. The molecule has 0 aliphatic carbocycles. The van der Waals surface area contributed by atoms with Crippen LogP contribution in [0.1, 0.15) is 19.8 Å². The third-order valence-electron chi connectivity index (χ3n) is 3.17. The predicted octanol–water partition coefficient (Wildman–Crippen LogP) is 1.03. The average molecular weight is 295 g/mol. The summed E-state index contributed by atoms with van der Waals surface area (Å²) in [5, 5.41) is 0. The predicted molar refractivity (Wildman–Crippen MR) is 76.4 cm³/mol. The summed E-state index contributed by atoms with van der Waals surface area (Å²) in [6.45, 7) is 4.55. The molecule has 0 aromatic carbocycles. The Balaban J connectivity index is 1.98. The number of carbonyl (C=O) groups excluding carboxylic acids is 1. The van der Waals surface area contributed by atoms with Crippen molar-refractivity contribution in [2.24, 2.45) is 0 Å². The largest absolute Gasteiger partial charge is 0.478 e. The van der Waals surface area contributed by atoms with Crippen molar-refractivity contribution in [2.45, 2.75) is 25.9 Å². The molecule has 0 spiro atoms. The number of methoxy groups -OCH3 is 1. The normalized spacial score (nSPS) is 18.4. The maximum atomic E-state index is 11.3. The van der Waals surface area contributed by atoms with Crippen LogP contribution in [0.5, 0.6) is 5.88 Å². The fourth-order valence-corrected chi connectivity index (χ4v) is 2.11. The zero-order valence-corrected chi connectivity index (χ0v) is 12.4. The molecule has 0 amide bonds. The number of hydrogen-bond acceptors (Lipinski definition) is 7. The van der Waals surface area contributed by atoms with Crippen LogP contribution >= 0.6 is 0 Å². The SMILES string of the molecule is CCCOc1cc(N2CCOC(CC(=O)OC)C2)ncn1. The van der Waals surface area contributed by atoms with Crippen LogP contribution in [0.3, 0.4) is 0 Å². The molecule has 116 valence electrons. The van der Waals surface area contributed by atoms with E-state index in [2.05, 4.69) is 19.6 Å². The Hall–Kier alpha value is -1.89. The Morgan fingerprint density at radius 1 is 1.52 bits per heavy atom. The Morgan fingerprint density at radius 2 is 2.38 bits per heavy atom. The Bertz CT molecular complexity index is 469. The molecule has 1 aromatic rings. The van der Waals surface area contributed by atoms with E-state index >= 15 is 0 Å². The lowest BCUT2D eigenvalue weighted by atomic mass is 10.2. The number of rotatable bonds is 6. The Kier molecular flexibility index (Phi) is 5.74. The molecule has 1 aromatic heterocycles. The van der Waals surface area contributed by atoms with Crippen molar-refractivity contribution in [1.82, 2.24) is 9.97 Å². The minimum absolute atomic E-state index is 0.179. The third kappa shape index (κ3) is 4.56. The first-order chi connectivity index (χ1) is 10.2. The van der Waals surface area contributed by atoms with Crippen LogP contribution in [-0.4, -0.2) is 55.5 Å². The lowest BCUT2D eigenvalue weighted by Crippen LogP contribution is -2.43. The molecule has 0 saturated carbocycles. The average Bonchev–Trinajstić information content (AvgIpc) is 2.53. The highest BCUT2D eigenvalue weighted by molar-refractivity contribution is 5.69. The second-order valence-corrected chi connectivity index (χ2v) is 4.78. The molecule has 0 bridgehead atoms. The number of hydrogen-bond donors (Lipinski definition) is 0. The Labute approximate surface area is 124 Å². The van der Waals surface area contributed by atoms with Crippen LogP contribution in [0.2, 0.25) is 0 Å². The number of nitrogens with zero attached hydrogens (tertiary/aromatic N) is 3. The van der Waals surface area contributed by atoms with E-state index in [4.69, 9.17) is 9.47 Å². The summed E-state index contributed by atoms with van der Waals surface area (Å²) in [4.78, 5) is 21.8. The summed E-state index contributed by atoms with van der Waals surface area (Å²) in [6, 6.07) is 1.82. The summed E-state index contributed by atoms with van der Waals surface area (Å²) in [7, 11) is 1.38. The van der Waals surface area contributed by atoms with E-state index in [1.807, 2.05) is 13.0 Å². The van der Waals surface area contributed by atoms with Gasteiger partial charge < -0.3 is 19.1 Å². The van der Waals surface area contributed by atoms with E-state index in [0.717, 1.165) is 18.8 Å². The highest BCUT2D eigenvalue weighted by atomic mass is 16.5. The summed E-state index contributed by atoms with van der Waals surface area (Å²) >= 11 is 0. The van der Waals surface area contributed by atoms with E-state index in [9.17, 15) is 4.79 Å². The molecule has 1 atom stereocenters. The van der Waals surface area contributed by atoms with Crippen molar-refractivity contribution in [3.05, 3.63) is 12.4 Å².